The lowest BCUT2D eigenvalue weighted by atomic mass is 9.33. The van der Waals surface area contributed by atoms with E-state index in [1.807, 2.05) is 27.9 Å². The molecule has 0 spiro atoms. The van der Waals surface area contributed by atoms with Gasteiger partial charge in [-0.25, -0.2) is 0 Å². The predicted octanol–water partition coefficient (Wildman–Crippen LogP) is 3.22. The number of hydrogen-bond donors (Lipinski definition) is 1. The van der Waals surface area contributed by atoms with Crippen LogP contribution in [0, 0.1) is 21.7 Å². The lowest BCUT2D eigenvalue weighted by Gasteiger charge is -2.68. The standard InChI is InChI=1S/C10H15NO2.C8H9ClO2.C4H10O.C2H7N/c1-7(12)9-4-10(5-9,6-9)8(13)11(2)3;1-5(10)7-2-8(3-7,4-7)6(9)11;1-3-5-4-2;1-3-2/h4-6H2,1-3H3;2-4H2,1H3;3-4H2,1-2H3;3H,1-2H3. The van der Waals surface area contributed by atoms with Gasteiger partial charge in [-0.3, -0.25) is 19.2 Å². The van der Waals surface area contributed by atoms with Crippen molar-refractivity contribution in [1.82, 2.24) is 10.2 Å². The monoisotopic (exact) mass is 472 g/mol. The summed E-state index contributed by atoms with van der Waals surface area (Å²) in [5.74, 6) is 0.689. The van der Waals surface area contributed by atoms with E-state index in [0.717, 1.165) is 32.5 Å². The summed E-state index contributed by atoms with van der Waals surface area (Å²) in [6, 6.07) is 0. The third-order valence-electron chi connectivity index (χ3n) is 7.24. The summed E-state index contributed by atoms with van der Waals surface area (Å²) in [6.45, 7) is 8.91. The molecule has 1 amide bonds. The van der Waals surface area contributed by atoms with Gasteiger partial charge >= 0.3 is 0 Å². The third kappa shape index (κ3) is 5.26. The summed E-state index contributed by atoms with van der Waals surface area (Å²) < 4.78 is 4.83. The van der Waals surface area contributed by atoms with Crippen molar-refractivity contribution in [3.63, 3.8) is 0 Å². The molecule has 0 aliphatic heterocycles. The molecule has 1 N–H and O–H groups in total. The largest absolute Gasteiger partial charge is 0.382 e. The fraction of sp³-hybridized carbons (Fsp3) is 0.833. The highest BCUT2D eigenvalue weighted by Crippen LogP contribution is 2.74. The molecule has 6 rings (SSSR count). The molecular formula is C24H41ClN2O5. The minimum atomic E-state index is -0.284. The maximum Gasteiger partial charge on any atom is 0.228 e. The van der Waals surface area contributed by atoms with Crippen LogP contribution in [0.15, 0.2) is 0 Å². The van der Waals surface area contributed by atoms with Crippen LogP contribution in [0.1, 0.15) is 66.2 Å². The van der Waals surface area contributed by atoms with Gasteiger partial charge in [0.1, 0.15) is 11.6 Å². The first-order valence-electron chi connectivity index (χ1n) is 11.4. The van der Waals surface area contributed by atoms with Gasteiger partial charge in [0.05, 0.1) is 5.41 Å². The van der Waals surface area contributed by atoms with Gasteiger partial charge in [-0.05, 0) is 91.9 Å². The normalized spacial score (nSPS) is 33.9. The first-order chi connectivity index (χ1) is 14.8. The second kappa shape index (κ2) is 10.7. The van der Waals surface area contributed by atoms with E-state index >= 15 is 0 Å². The van der Waals surface area contributed by atoms with Crippen molar-refractivity contribution in [2.24, 2.45) is 21.7 Å². The molecule has 4 bridgehead atoms. The van der Waals surface area contributed by atoms with Gasteiger partial charge in [-0.1, -0.05) is 0 Å². The summed E-state index contributed by atoms with van der Waals surface area (Å²) in [6.07, 6.45) is 4.51. The molecule has 184 valence electrons. The number of ketones is 2. The van der Waals surface area contributed by atoms with E-state index in [1.165, 1.54) is 0 Å². The second-order valence-corrected chi connectivity index (χ2v) is 10.4. The summed E-state index contributed by atoms with van der Waals surface area (Å²) >= 11 is 5.38. The Balaban J connectivity index is 0.000000244. The molecule has 6 fully saturated rings. The van der Waals surface area contributed by atoms with Crippen LogP contribution >= 0.6 is 11.6 Å². The Morgan fingerprint density at radius 2 is 1.09 bits per heavy atom. The van der Waals surface area contributed by atoms with Crippen molar-refractivity contribution in [2.75, 3.05) is 41.4 Å². The van der Waals surface area contributed by atoms with Crippen molar-refractivity contribution in [2.45, 2.75) is 66.2 Å². The van der Waals surface area contributed by atoms with E-state index in [1.54, 1.807) is 32.8 Å². The maximum atomic E-state index is 11.7. The summed E-state index contributed by atoms with van der Waals surface area (Å²) in [5, 5.41) is 2.50. The van der Waals surface area contributed by atoms with Crippen LogP contribution in [-0.4, -0.2) is 69.0 Å². The highest BCUT2D eigenvalue weighted by Gasteiger charge is 2.74. The maximum absolute atomic E-state index is 11.7. The highest BCUT2D eigenvalue weighted by atomic mass is 35.5. The first-order valence-corrected chi connectivity index (χ1v) is 11.7. The Bertz CT molecular complexity index is 668. The van der Waals surface area contributed by atoms with Gasteiger partial charge in [0.15, 0.2) is 0 Å². The van der Waals surface area contributed by atoms with Crippen LogP contribution in [0.4, 0.5) is 0 Å². The van der Waals surface area contributed by atoms with Crippen LogP contribution in [-0.2, 0) is 23.9 Å². The van der Waals surface area contributed by atoms with E-state index in [-0.39, 0.29) is 44.4 Å². The molecule has 0 aromatic heterocycles. The van der Waals surface area contributed by atoms with Crippen LogP contribution in [0.5, 0.6) is 0 Å². The fourth-order valence-electron chi connectivity index (χ4n) is 5.44. The van der Waals surface area contributed by atoms with E-state index in [4.69, 9.17) is 16.3 Å². The molecule has 0 heterocycles. The molecule has 6 saturated carbocycles. The molecule has 0 aromatic carbocycles. The Hall–Kier alpha value is -1.31. The molecule has 6 aliphatic rings. The molecule has 8 heteroatoms. The molecule has 32 heavy (non-hydrogen) atoms. The average Bonchev–Trinajstić information content (AvgIpc) is 2.51. The van der Waals surface area contributed by atoms with Gasteiger partial charge in [-0.15, -0.1) is 0 Å². The number of rotatable bonds is 6. The molecule has 6 aliphatic carbocycles. The number of halogens is 1. The minimum Gasteiger partial charge on any atom is -0.382 e. The third-order valence-corrected chi connectivity index (χ3v) is 7.64. The number of ether oxygens (including phenoxy) is 1. The van der Waals surface area contributed by atoms with Crippen molar-refractivity contribution in [3.8, 4) is 0 Å². The average molecular weight is 473 g/mol. The SMILES string of the molecule is CC(=O)C12CC(C(=O)Cl)(C1)C2.CC(=O)C12CC(C(=O)N(C)C)(C1)C2.CCOCC.CNC. The second-order valence-electron chi connectivity index (χ2n) is 10.0. The summed E-state index contributed by atoms with van der Waals surface area (Å²) in [5.41, 5.74) is -0.654. The molecule has 7 nitrogen and oxygen atoms in total. The van der Waals surface area contributed by atoms with Crippen molar-refractivity contribution in [1.29, 1.82) is 0 Å². The number of carbonyl (C=O) groups is 4. The van der Waals surface area contributed by atoms with Crippen LogP contribution in [0.25, 0.3) is 0 Å². The van der Waals surface area contributed by atoms with Crippen LogP contribution < -0.4 is 5.32 Å². The fourth-order valence-corrected chi connectivity index (χ4v) is 5.64. The topological polar surface area (TPSA) is 92.8 Å². The van der Waals surface area contributed by atoms with Crippen molar-refractivity contribution >= 4 is 34.3 Å². The van der Waals surface area contributed by atoms with E-state index < -0.39 is 0 Å². The molecule has 0 aromatic rings. The molecule has 0 saturated heterocycles. The van der Waals surface area contributed by atoms with E-state index in [9.17, 15) is 19.2 Å². The zero-order chi connectivity index (χ0) is 25.0. The molecule has 0 atom stereocenters. The van der Waals surface area contributed by atoms with Crippen LogP contribution in [0.2, 0.25) is 0 Å². The zero-order valence-corrected chi connectivity index (χ0v) is 21.8. The zero-order valence-electron chi connectivity index (χ0n) is 21.0. The Morgan fingerprint density at radius 3 is 1.28 bits per heavy atom. The van der Waals surface area contributed by atoms with E-state index in [0.29, 0.717) is 19.3 Å². The Morgan fingerprint density at radius 1 is 0.781 bits per heavy atom. The molecular weight excluding hydrogens is 432 g/mol. The number of hydrogen-bond acceptors (Lipinski definition) is 6. The number of nitrogens with zero attached hydrogens (tertiary/aromatic N) is 1. The smallest absolute Gasteiger partial charge is 0.228 e. The van der Waals surface area contributed by atoms with Gasteiger partial charge < -0.3 is 15.0 Å². The number of Topliss-reactive ketones (excluding diaryl/α,β-unsaturated/α-hetero) is 2. The molecule has 0 radical (unpaired) electrons. The first kappa shape index (κ1) is 28.7. The number of amides is 1. The quantitative estimate of drug-likeness (QED) is 0.596. The number of nitrogens with one attached hydrogen (secondary N) is 1. The van der Waals surface area contributed by atoms with Crippen molar-refractivity contribution in [3.05, 3.63) is 0 Å². The minimum absolute atomic E-state index is 0.0916. The predicted molar refractivity (Wildman–Crippen MR) is 126 cm³/mol. The molecule has 0 unspecified atom stereocenters. The summed E-state index contributed by atoms with van der Waals surface area (Å²) in [4.78, 5) is 46.3. The van der Waals surface area contributed by atoms with Crippen molar-refractivity contribution < 1.29 is 23.9 Å². The van der Waals surface area contributed by atoms with Gasteiger partial charge in [0, 0.05) is 43.6 Å². The van der Waals surface area contributed by atoms with Gasteiger partial charge in [-0.2, -0.15) is 0 Å². The Kier molecular flexibility index (Phi) is 9.64. The Labute approximate surface area is 197 Å². The van der Waals surface area contributed by atoms with E-state index in [2.05, 4.69) is 5.32 Å². The summed E-state index contributed by atoms with van der Waals surface area (Å²) in [7, 11) is 7.31. The lowest BCUT2D eigenvalue weighted by molar-refractivity contribution is -0.211. The lowest BCUT2D eigenvalue weighted by Crippen LogP contribution is -2.69. The highest BCUT2D eigenvalue weighted by molar-refractivity contribution is 6.65. The van der Waals surface area contributed by atoms with Gasteiger partial charge in [0.2, 0.25) is 11.1 Å². The number of carbonyl (C=O) groups excluding carboxylic acids is 4. The van der Waals surface area contributed by atoms with Crippen LogP contribution in [0.3, 0.4) is 0 Å². The van der Waals surface area contributed by atoms with Gasteiger partial charge in [0.25, 0.3) is 0 Å².